The lowest BCUT2D eigenvalue weighted by Crippen LogP contribution is -2.29. The van der Waals surface area contributed by atoms with E-state index < -0.39 is 0 Å². The maximum Gasteiger partial charge on any atom is 0.0406 e. The van der Waals surface area contributed by atoms with E-state index in [2.05, 4.69) is 44.3 Å². The van der Waals surface area contributed by atoms with Gasteiger partial charge in [-0.2, -0.15) is 0 Å². The molecule has 3 heteroatoms. The molecule has 0 saturated heterocycles. The number of hydrogen-bond donors (Lipinski definition) is 1. The summed E-state index contributed by atoms with van der Waals surface area (Å²) in [6.45, 7) is 7.41. The fourth-order valence-electron chi connectivity index (χ4n) is 1.55. The zero-order valence-electron chi connectivity index (χ0n) is 10.7. The van der Waals surface area contributed by atoms with Crippen LogP contribution >= 0.6 is 23.4 Å². The van der Waals surface area contributed by atoms with Gasteiger partial charge in [0.25, 0.3) is 0 Å². The van der Waals surface area contributed by atoms with Crippen molar-refractivity contribution in [1.82, 2.24) is 5.32 Å². The Morgan fingerprint density at radius 2 is 2.00 bits per heavy atom. The first-order valence-corrected chi connectivity index (χ1v) is 7.25. The highest BCUT2D eigenvalue weighted by Gasteiger charge is 2.04. The number of halogens is 1. The van der Waals surface area contributed by atoms with Crippen molar-refractivity contribution >= 4 is 23.4 Å². The number of rotatable bonds is 6. The summed E-state index contributed by atoms with van der Waals surface area (Å²) < 4.78 is 0. The van der Waals surface area contributed by atoms with Crippen molar-refractivity contribution in [2.45, 2.75) is 31.7 Å². The average Bonchev–Trinajstić information content (AvgIpc) is 2.27. The van der Waals surface area contributed by atoms with E-state index >= 15 is 0 Å². The summed E-state index contributed by atoms with van der Waals surface area (Å²) >= 11 is 7.72. The maximum atomic E-state index is 5.86. The molecule has 1 unspecified atom stereocenters. The lowest BCUT2D eigenvalue weighted by Gasteiger charge is -2.14. The lowest BCUT2D eigenvalue weighted by molar-refractivity contribution is 0.665. The van der Waals surface area contributed by atoms with Crippen molar-refractivity contribution in [2.24, 2.45) is 0 Å². The topological polar surface area (TPSA) is 12.0 Å². The van der Waals surface area contributed by atoms with Crippen LogP contribution in [0.3, 0.4) is 0 Å². The minimum Gasteiger partial charge on any atom is -0.310 e. The van der Waals surface area contributed by atoms with E-state index in [1.54, 1.807) is 0 Å². The molecule has 0 radical (unpaired) electrons. The molecular weight excluding hydrogens is 250 g/mol. The van der Waals surface area contributed by atoms with Gasteiger partial charge in [0.15, 0.2) is 0 Å². The summed E-state index contributed by atoms with van der Waals surface area (Å²) in [5, 5.41) is 4.27. The molecule has 0 heterocycles. The van der Waals surface area contributed by atoms with E-state index in [4.69, 9.17) is 11.6 Å². The van der Waals surface area contributed by atoms with Crippen molar-refractivity contribution < 1.29 is 0 Å². The molecule has 1 nitrogen and oxygen atoms in total. The predicted molar refractivity (Wildman–Crippen MR) is 79.1 cm³/mol. The van der Waals surface area contributed by atoms with Crippen LogP contribution in [0.1, 0.15) is 20.8 Å². The zero-order valence-corrected chi connectivity index (χ0v) is 12.2. The van der Waals surface area contributed by atoms with Gasteiger partial charge < -0.3 is 5.32 Å². The van der Waals surface area contributed by atoms with E-state index in [9.17, 15) is 0 Å². The van der Waals surface area contributed by atoms with Crippen molar-refractivity contribution in [3.63, 3.8) is 0 Å². The molecule has 0 aliphatic heterocycles. The Balaban J connectivity index is 2.51. The van der Waals surface area contributed by atoms with Gasteiger partial charge in [-0.05, 0) is 44.7 Å². The zero-order chi connectivity index (χ0) is 12.7. The maximum absolute atomic E-state index is 5.86. The van der Waals surface area contributed by atoms with Crippen LogP contribution in [-0.2, 0) is 0 Å². The Kier molecular flexibility index (Phi) is 6.71. The van der Waals surface area contributed by atoms with Crippen LogP contribution in [0.4, 0.5) is 0 Å². The van der Waals surface area contributed by atoms with Gasteiger partial charge in [0.1, 0.15) is 0 Å². The van der Waals surface area contributed by atoms with Crippen LogP contribution in [0.2, 0.25) is 5.02 Å². The average molecular weight is 270 g/mol. The molecule has 94 valence electrons. The van der Waals surface area contributed by atoms with Crippen molar-refractivity contribution in [2.75, 3.05) is 12.3 Å². The minimum atomic E-state index is 0.436. The van der Waals surface area contributed by atoms with Crippen molar-refractivity contribution in [3.8, 4) is 0 Å². The molecule has 17 heavy (non-hydrogen) atoms. The molecule has 1 aromatic carbocycles. The minimum absolute atomic E-state index is 0.436. The third-order valence-corrected chi connectivity index (χ3v) is 3.63. The number of allylic oxidation sites excluding steroid dienone is 1. The summed E-state index contributed by atoms with van der Waals surface area (Å²) in [4.78, 5) is 1.26. The molecule has 1 rings (SSSR count). The first kappa shape index (κ1) is 14.6. The first-order valence-electron chi connectivity index (χ1n) is 5.88. The van der Waals surface area contributed by atoms with E-state index in [1.807, 2.05) is 23.9 Å². The van der Waals surface area contributed by atoms with Gasteiger partial charge in [-0.25, -0.2) is 0 Å². The SMILES string of the molecule is CCNC(C=C(C)C)CSc1ccc(Cl)cc1. The van der Waals surface area contributed by atoms with Gasteiger partial charge in [0.2, 0.25) is 0 Å². The third-order valence-electron chi connectivity index (χ3n) is 2.24. The second kappa shape index (κ2) is 7.80. The highest BCUT2D eigenvalue weighted by Crippen LogP contribution is 2.21. The highest BCUT2D eigenvalue weighted by molar-refractivity contribution is 7.99. The summed E-state index contributed by atoms with van der Waals surface area (Å²) in [7, 11) is 0. The predicted octanol–water partition coefficient (Wildman–Crippen LogP) is 4.38. The highest BCUT2D eigenvalue weighted by atomic mass is 35.5. The number of benzene rings is 1. The van der Waals surface area contributed by atoms with E-state index in [0.29, 0.717) is 6.04 Å². The smallest absolute Gasteiger partial charge is 0.0406 e. The Hall–Kier alpha value is -0.440. The number of likely N-dealkylation sites (N-methyl/N-ethyl adjacent to an activating group) is 1. The fourth-order valence-corrected chi connectivity index (χ4v) is 2.59. The van der Waals surface area contributed by atoms with Crippen LogP contribution < -0.4 is 5.32 Å². The van der Waals surface area contributed by atoms with Crippen molar-refractivity contribution in [1.29, 1.82) is 0 Å². The van der Waals surface area contributed by atoms with Gasteiger partial charge in [0.05, 0.1) is 0 Å². The van der Waals surface area contributed by atoms with Crippen LogP contribution in [0, 0.1) is 0 Å². The summed E-state index contributed by atoms with van der Waals surface area (Å²) in [6.07, 6.45) is 2.28. The number of hydrogen-bond acceptors (Lipinski definition) is 2. The van der Waals surface area contributed by atoms with E-state index in [1.165, 1.54) is 10.5 Å². The molecule has 0 aliphatic rings. The monoisotopic (exact) mass is 269 g/mol. The first-order chi connectivity index (χ1) is 8.11. The normalized spacial score (nSPS) is 12.2. The molecule has 0 aromatic heterocycles. The number of nitrogens with one attached hydrogen (secondary N) is 1. The Morgan fingerprint density at radius 1 is 1.35 bits per heavy atom. The standard InChI is InChI=1S/C14H20ClNS/c1-4-16-13(9-11(2)3)10-17-14-7-5-12(15)6-8-14/h5-9,13,16H,4,10H2,1-3H3. The molecule has 0 amide bonds. The number of thioether (sulfide) groups is 1. The molecule has 1 aromatic rings. The Bertz CT molecular complexity index is 355. The summed E-state index contributed by atoms with van der Waals surface area (Å²) in [6, 6.07) is 8.45. The summed E-state index contributed by atoms with van der Waals surface area (Å²) in [5.74, 6) is 1.04. The summed E-state index contributed by atoms with van der Waals surface area (Å²) in [5.41, 5.74) is 1.35. The van der Waals surface area contributed by atoms with E-state index in [-0.39, 0.29) is 0 Å². The molecule has 0 aliphatic carbocycles. The largest absolute Gasteiger partial charge is 0.310 e. The molecule has 0 bridgehead atoms. The molecule has 0 fully saturated rings. The van der Waals surface area contributed by atoms with Gasteiger partial charge >= 0.3 is 0 Å². The van der Waals surface area contributed by atoms with Crippen LogP contribution in [0.25, 0.3) is 0 Å². The Morgan fingerprint density at radius 3 is 2.53 bits per heavy atom. The molecule has 1 N–H and O–H groups in total. The lowest BCUT2D eigenvalue weighted by atomic mass is 10.2. The molecule has 0 saturated carbocycles. The van der Waals surface area contributed by atoms with Gasteiger partial charge in [0, 0.05) is 21.7 Å². The fraction of sp³-hybridized carbons (Fsp3) is 0.429. The van der Waals surface area contributed by atoms with Gasteiger partial charge in [-0.15, -0.1) is 11.8 Å². The molecule has 0 spiro atoms. The van der Waals surface area contributed by atoms with Crippen LogP contribution in [0.5, 0.6) is 0 Å². The van der Waals surface area contributed by atoms with Gasteiger partial charge in [-0.3, -0.25) is 0 Å². The van der Waals surface area contributed by atoms with Gasteiger partial charge in [-0.1, -0.05) is 30.2 Å². The Labute approximate surface area is 114 Å². The second-order valence-electron chi connectivity index (χ2n) is 4.17. The third kappa shape index (κ3) is 6.16. The van der Waals surface area contributed by atoms with Crippen LogP contribution in [0.15, 0.2) is 40.8 Å². The molecular formula is C14H20ClNS. The van der Waals surface area contributed by atoms with Crippen LogP contribution in [-0.4, -0.2) is 18.3 Å². The van der Waals surface area contributed by atoms with Crippen molar-refractivity contribution in [3.05, 3.63) is 40.9 Å². The second-order valence-corrected chi connectivity index (χ2v) is 5.70. The quantitative estimate of drug-likeness (QED) is 0.608. The van der Waals surface area contributed by atoms with E-state index in [0.717, 1.165) is 17.3 Å². The molecule has 1 atom stereocenters.